The second-order valence-corrected chi connectivity index (χ2v) is 30.6. The minimum Gasteiger partial charge on any atom is -0.483 e. The molecule has 4 aromatic carbocycles. The fourth-order valence-electron chi connectivity index (χ4n) is 14.6. The number of nitrogens with zero attached hydrogens (tertiary/aromatic N) is 8. The van der Waals surface area contributed by atoms with Crippen LogP contribution in [0.15, 0.2) is 160 Å². The van der Waals surface area contributed by atoms with Crippen molar-refractivity contribution in [2.24, 2.45) is 0 Å². The van der Waals surface area contributed by atoms with Gasteiger partial charge in [-0.25, -0.2) is 0 Å². The third-order valence-electron chi connectivity index (χ3n) is 20.0. The molecule has 3 unspecified atom stereocenters. The number of ether oxygens (including phenoxy) is 8. The van der Waals surface area contributed by atoms with E-state index in [9.17, 15) is 38.4 Å². The molecular formula is C80H84Br3N8O16+. The lowest BCUT2D eigenvalue weighted by molar-refractivity contribution is 0.0187. The molecule has 0 spiro atoms. The SMILES string of the molecule is CC(C)N1CC2COCc3c(Br)c(=O)c(OCc4ccccc4)c(n32)C1=O.CC(C)N1CC2COCc3cc(=O)c(OCc4ccccc4)c(n32)C1=O.CC(C)N1C[C@@H]2COCc3c(Br)c(=O)c(OCc4ccccc4)c(n32)C1=O.[CH2+]C(C)N1C[C@H]2COCc3c(Br)c(=O)c(OCc4ccccc4)c(n32)C1=O. The molecule has 4 amide bonds. The Labute approximate surface area is 644 Å². The average molecular weight is 1650 g/mol. The Morgan fingerprint density at radius 1 is 0.374 bits per heavy atom. The maximum atomic E-state index is 13.2. The third kappa shape index (κ3) is 15.3. The molecule has 5 atom stereocenters. The Hall–Kier alpha value is -9.09. The standard InChI is InChI=1S/2C20H21BrN2O4.C20H20BrN2O4.C20H22N2O4/c3*1-12(2)22-8-14-10-26-11-15-16(21)18(24)19(17(20(22)25)23(14)15)27-9-13-6-4-3-5-7-13;1-13(2)21-9-16-12-25-11-15-8-17(23)19(18(20(21)24)22(15)16)26-10-14-6-4-3-5-7-14/h2*3-7,12,14H,8-11H2,1-2H3;3-7,12,14H,1,8-11H2,2H3;3-8,13,16H,9-12H2,1-2H3/q;;+1;/t14-;;12?,14-;/m1.0./s1. The van der Waals surface area contributed by atoms with Gasteiger partial charge in [0.1, 0.15) is 26.4 Å². The summed E-state index contributed by atoms with van der Waals surface area (Å²) in [4.78, 5) is 111. The lowest BCUT2D eigenvalue weighted by Crippen LogP contribution is -2.51. The zero-order chi connectivity index (χ0) is 75.6. The van der Waals surface area contributed by atoms with E-state index in [4.69, 9.17) is 37.9 Å². The first kappa shape index (κ1) is 76.1. The predicted molar refractivity (Wildman–Crippen MR) is 408 cm³/mol. The summed E-state index contributed by atoms with van der Waals surface area (Å²) in [7, 11) is 0. The van der Waals surface area contributed by atoms with E-state index in [2.05, 4.69) is 54.7 Å². The Morgan fingerprint density at radius 2 is 0.636 bits per heavy atom. The van der Waals surface area contributed by atoms with Crippen molar-refractivity contribution in [1.82, 2.24) is 37.9 Å². The number of amides is 4. The van der Waals surface area contributed by atoms with Gasteiger partial charge in [0.2, 0.25) is 21.7 Å². The van der Waals surface area contributed by atoms with Crippen LogP contribution in [-0.4, -0.2) is 138 Å². The molecule has 0 saturated heterocycles. The highest BCUT2D eigenvalue weighted by Crippen LogP contribution is 2.40. The molecule has 8 aliphatic heterocycles. The van der Waals surface area contributed by atoms with Crippen molar-refractivity contribution in [3.8, 4) is 23.0 Å². The first-order valence-corrected chi connectivity index (χ1v) is 38.1. The largest absolute Gasteiger partial charge is 0.483 e. The van der Waals surface area contributed by atoms with E-state index in [0.29, 0.717) is 126 Å². The van der Waals surface area contributed by atoms with Gasteiger partial charge in [-0.1, -0.05) is 121 Å². The van der Waals surface area contributed by atoms with Crippen LogP contribution in [0.3, 0.4) is 0 Å². The molecule has 0 saturated carbocycles. The molecule has 107 heavy (non-hydrogen) atoms. The zero-order valence-corrected chi connectivity index (χ0v) is 65.3. The lowest BCUT2D eigenvalue weighted by atomic mass is 10.1. The number of pyridine rings is 4. The number of rotatable bonds is 16. The summed E-state index contributed by atoms with van der Waals surface area (Å²) in [6, 6.07) is 39.7. The molecule has 4 aromatic heterocycles. The van der Waals surface area contributed by atoms with Crippen LogP contribution in [-0.2, 0) is 71.8 Å². The van der Waals surface area contributed by atoms with Gasteiger partial charge >= 0.3 is 0 Å². The molecule has 24 nitrogen and oxygen atoms in total. The molecule has 8 aromatic rings. The molecule has 8 aliphatic rings. The van der Waals surface area contributed by atoms with Gasteiger partial charge in [0.05, 0.1) is 114 Å². The molecule has 560 valence electrons. The van der Waals surface area contributed by atoms with Crippen LogP contribution < -0.4 is 40.7 Å². The summed E-state index contributed by atoms with van der Waals surface area (Å²) in [6.07, 6.45) is 0. The zero-order valence-electron chi connectivity index (χ0n) is 60.5. The van der Waals surface area contributed by atoms with Gasteiger partial charge in [0.25, 0.3) is 23.6 Å². The van der Waals surface area contributed by atoms with Crippen molar-refractivity contribution in [3.63, 3.8) is 0 Å². The van der Waals surface area contributed by atoms with Crippen molar-refractivity contribution in [2.45, 2.75) is 150 Å². The van der Waals surface area contributed by atoms with Gasteiger partial charge in [0, 0.05) is 56.1 Å². The molecular weight excluding hydrogens is 1570 g/mol. The minimum absolute atomic E-state index is 0.00789. The maximum absolute atomic E-state index is 13.2. The van der Waals surface area contributed by atoms with Gasteiger partial charge < -0.3 is 70.9 Å². The van der Waals surface area contributed by atoms with Crippen LogP contribution in [0.5, 0.6) is 23.0 Å². The number of halogens is 3. The summed E-state index contributed by atoms with van der Waals surface area (Å²) in [5, 5.41) is 0. The van der Waals surface area contributed by atoms with E-state index in [-0.39, 0.29) is 150 Å². The number of hydrogen-bond acceptors (Lipinski definition) is 16. The van der Waals surface area contributed by atoms with Crippen molar-refractivity contribution in [1.29, 1.82) is 0 Å². The van der Waals surface area contributed by atoms with Crippen LogP contribution in [0.25, 0.3) is 0 Å². The molecule has 27 heteroatoms. The number of carbonyl (C=O) groups is 4. The molecule has 0 radical (unpaired) electrons. The number of hydrogen-bond donors (Lipinski definition) is 0. The smallest absolute Gasteiger partial charge is 0.278 e. The summed E-state index contributed by atoms with van der Waals surface area (Å²) in [5.74, 6) is -0.288. The van der Waals surface area contributed by atoms with Crippen molar-refractivity contribution in [2.75, 3.05) is 52.6 Å². The summed E-state index contributed by atoms with van der Waals surface area (Å²) in [5.41, 5.74) is 6.68. The topological polar surface area (TPSA) is 243 Å². The number of benzene rings is 4. The van der Waals surface area contributed by atoms with Gasteiger partial charge in [-0.05, 0) is 119 Å². The monoisotopic (exact) mass is 1650 g/mol. The van der Waals surface area contributed by atoms with Crippen LogP contribution in [0.1, 0.15) is 160 Å². The van der Waals surface area contributed by atoms with E-state index in [1.165, 1.54) is 6.07 Å². The Bertz CT molecular complexity index is 4570. The molecule has 0 bridgehead atoms. The van der Waals surface area contributed by atoms with Crippen LogP contribution >= 0.6 is 47.8 Å². The normalized spacial score (nSPS) is 18.9. The quantitative estimate of drug-likeness (QED) is 0.0816. The fraction of sp³-hybridized carbons (Fsp3) is 0.388. The highest BCUT2D eigenvalue weighted by atomic mass is 79.9. The van der Waals surface area contributed by atoms with Crippen molar-refractivity contribution in [3.05, 3.63) is 256 Å². The van der Waals surface area contributed by atoms with E-state index in [0.717, 1.165) is 27.9 Å². The number of carbonyl (C=O) groups excluding carboxylic acids is 4. The van der Waals surface area contributed by atoms with E-state index in [1.807, 2.05) is 188 Å². The van der Waals surface area contributed by atoms with E-state index in [1.54, 1.807) is 19.6 Å². The van der Waals surface area contributed by atoms with E-state index >= 15 is 0 Å². The van der Waals surface area contributed by atoms with Crippen LogP contribution in [0.4, 0.5) is 0 Å². The summed E-state index contributed by atoms with van der Waals surface area (Å²) < 4.78 is 55.2. The summed E-state index contributed by atoms with van der Waals surface area (Å²) in [6.45, 7) is 24.0. The molecule has 12 heterocycles. The molecule has 0 aliphatic carbocycles. The minimum atomic E-state index is -0.330. The van der Waals surface area contributed by atoms with Gasteiger partial charge in [-0.3, -0.25) is 43.3 Å². The van der Waals surface area contributed by atoms with Crippen molar-refractivity contribution >= 4 is 71.4 Å². The van der Waals surface area contributed by atoms with Crippen LogP contribution in [0.2, 0.25) is 0 Å². The molecule has 0 N–H and O–H groups in total. The lowest BCUT2D eigenvalue weighted by Gasteiger charge is -2.42. The van der Waals surface area contributed by atoms with Gasteiger partial charge in [-0.15, -0.1) is 0 Å². The predicted octanol–water partition coefficient (Wildman–Crippen LogP) is 11.6. The highest BCUT2D eigenvalue weighted by Gasteiger charge is 2.45. The number of aromatic nitrogens is 4. The van der Waals surface area contributed by atoms with Gasteiger partial charge in [0.15, 0.2) is 51.8 Å². The molecule has 0 fully saturated rings. The average Bonchev–Trinajstić information content (AvgIpc) is 0.733. The first-order chi connectivity index (χ1) is 51.5. The van der Waals surface area contributed by atoms with E-state index < -0.39 is 0 Å². The Balaban J connectivity index is 0.000000126. The summed E-state index contributed by atoms with van der Waals surface area (Å²) >= 11 is 10.2. The second-order valence-electron chi connectivity index (χ2n) is 28.2. The maximum Gasteiger partial charge on any atom is 0.278 e. The Morgan fingerprint density at radius 3 is 0.935 bits per heavy atom. The first-order valence-electron chi connectivity index (χ1n) is 35.8. The van der Waals surface area contributed by atoms with Crippen LogP contribution in [0, 0.1) is 6.92 Å². The van der Waals surface area contributed by atoms with Gasteiger partial charge in [-0.2, -0.15) is 0 Å². The second kappa shape index (κ2) is 32.8. The fourth-order valence-corrected chi connectivity index (χ4v) is 16.1. The molecule has 16 rings (SSSR count). The third-order valence-corrected chi connectivity index (χ3v) is 22.4. The Kier molecular flexibility index (Phi) is 23.3. The van der Waals surface area contributed by atoms with Crippen molar-refractivity contribution < 1.29 is 57.1 Å². The highest BCUT2D eigenvalue weighted by molar-refractivity contribution is 9.11.